The minimum Gasteiger partial charge on any atom is -0.438 e. The third-order valence-electron chi connectivity index (χ3n) is 4.12. The molecular weight excluding hydrogens is 446 g/mol. The van der Waals surface area contributed by atoms with Crippen molar-refractivity contribution in [2.24, 2.45) is 0 Å². The number of halogens is 1. The summed E-state index contributed by atoms with van der Waals surface area (Å²) in [6.07, 6.45) is 2.31. The number of amides is 1. The Morgan fingerprint density at radius 1 is 1.23 bits per heavy atom. The van der Waals surface area contributed by atoms with Gasteiger partial charge in [0.25, 0.3) is 15.9 Å². The number of thiophene rings is 1. The molecular formula is C20H20ClN3O4S2. The fourth-order valence-electron chi connectivity index (χ4n) is 2.43. The first kappa shape index (κ1) is 22.1. The van der Waals surface area contributed by atoms with Crippen LogP contribution in [0.15, 0.2) is 58.9 Å². The van der Waals surface area contributed by atoms with Crippen LogP contribution in [0.3, 0.4) is 0 Å². The number of hydrogen-bond acceptors (Lipinski definition) is 6. The van der Waals surface area contributed by atoms with E-state index in [2.05, 4.69) is 15.0 Å². The summed E-state index contributed by atoms with van der Waals surface area (Å²) < 4.78 is 33.7. The average molecular weight is 466 g/mol. The number of nitrogens with one attached hydrogen (secondary N) is 2. The highest BCUT2D eigenvalue weighted by Gasteiger charge is 2.18. The highest BCUT2D eigenvalue weighted by atomic mass is 35.5. The first-order valence-electron chi connectivity index (χ1n) is 9.10. The monoisotopic (exact) mass is 465 g/mol. The topological polar surface area (TPSA) is 97.4 Å². The van der Waals surface area contributed by atoms with Gasteiger partial charge in [0, 0.05) is 18.3 Å². The molecule has 3 rings (SSSR count). The van der Waals surface area contributed by atoms with Gasteiger partial charge in [0.05, 0.1) is 10.0 Å². The van der Waals surface area contributed by atoms with Crippen LogP contribution in [0, 0.1) is 0 Å². The van der Waals surface area contributed by atoms with Crippen molar-refractivity contribution >= 4 is 44.6 Å². The van der Waals surface area contributed by atoms with Gasteiger partial charge in [0.1, 0.15) is 15.5 Å². The molecule has 0 saturated heterocycles. The zero-order valence-corrected chi connectivity index (χ0v) is 18.6. The molecule has 1 amide bonds. The maximum absolute atomic E-state index is 12.5. The molecule has 7 nitrogen and oxygen atoms in total. The van der Waals surface area contributed by atoms with E-state index in [-0.39, 0.29) is 27.6 Å². The van der Waals surface area contributed by atoms with Crippen LogP contribution in [-0.4, -0.2) is 25.4 Å². The molecule has 30 heavy (non-hydrogen) atoms. The average Bonchev–Trinajstić information content (AvgIpc) is 3.15. The maximum atomic E-state index is 12.5. The van der Waals surface area contributed by atoms with E-state index in [4.69, 9.17) is 16.3 Å². The van der Waals surface area contributed by atoms with Crippen LogP contribution in [0.2, 0.25) is 4.34 Å². The number of sulfonamides is 1. The molecule has 0 spiro atoms. The lowest BCUT2D eigenvalue weighted by Crippen LogP contribution is -2.32. The van der Waals surface area contributed by atoms with Crippen LogP contribution in [0.5, 0.6) is 11.6 Å². The maximum Gasteiger partial charge on any atom is 0.271 e. The molecule has 0 radical (unpaired) electrons. The molecule has 10 heteroatoms. The van der Waals surface area contributed by atoms with Gasteiger partial charge >= 0.3 is 0 Å². The lowest BCUT2D eigenvalue weighted by atomic mass is 10.2. The Hall–Kier alpha value is -2.62. The Balaban J connectivity index is 1.80. The van der Waals surface area contributed by atoms with Crippen molar-refractivity contribution in [3.63, 3.8) is 0 Å². The van der Waals surface area contributed by atoms with Gasteiger partial charge < -0.3 is 10.1 Å². The molecule has 0 aliphatic heterocycles. The third-order valence-corrected chi connectivity index (χ3v) is 7.22. The standard InChI is InChI=1S/C20H20ClN3O4S2/c1-3-13(2)23-19(25)16-8-5-11-22-20(16)28-15-7-4-6-14(12-15)24-30(26,27)18-10-9-17(21)29-18/h4-13,24H,3H2,1-2H3,(H,23,25)/t13-/m1/s1. The molecule has 0 aliphatic rings. The molecule has 1 atom stereocenters. The summed E-state index contributed by atoms with van der Waals surface area (Å²) in [7, 11) is -3.77. The molecule has 0 unspecified atom stereocenters. The summed E-state index contributed by atoms with van der Waals surface area (Å²) in [5.74, 6) is 0.165. The number of hydrogen-bond donors (Lipinski definition) is 2. The Kier molecular flexibility index (Phi) is 6.96. The summed E-state index contributed by atoms with van der Waals surface area (Å²) in [5, 5.41) is 2.87. The van der Waals surface area contributed by atoms with Gasteiger partial charge in [-0.25, -0.2) is 13.4 Å². The highest BCUT2D eigenvalue weighted by Crippen LogP contribution is 2.29. The van der Waals surface area contributed by atoms with Crippen molar-refractivity contribution in [1.29, 1.82) is 0 Å². The number of carbonyl (C=O) groups excluding carboxylic acids is 1. The molecule has 2 heterocycles. The van der Waals surface area contributed by atoms with Gasteiger partial charge in [0.2, 0.25) is 5.88 Å². The number of ether oxygens (including phenoxy) is 1. The number of carbonyl (C=O) groups is 1. The zero-order chi connectivity index (χ0) is 21.7. The second-order valence-corrected chi connectivity index (χ2v) is 10.1. The van der Waals surface area contributed by atoms with Crippen molar-refractivity contribution in [3.05, 3.63) is 64.6 Å². The fraction of sp³-hybridized carbons (Fsp3) is 0.200. The first-order chi connectivity index (χ1) is 14.3. The normalized spacial score (nSPS) is 12.2. The molecule has 0 bridgehead atoms. The second kappa shape index (κ2) is 9.46. The van der Waals surface area contributed by atoms with E-state index in [0.717, 1.165) is 17.8 Å². The number of pyridine rings is 1. The molecule has 1 aromatic carbocycles. The smallest absolute Gasteiger partial charge is 0.271 e. The van der Waals surface area contributed by atoms with Crippen LogP contribution in [-0.2, 0) is 10.0 Å². The number of aromatic nitrogens is 1. The molecule has 2 aromatic heterocycles. The SMILES string of the molecule is CC[C@@H](C)NC(=O)c1cccnc1Oc1cccc(NS(=O)(=O)c2ccc(Cl)s2)c1. The van der Waals surface area contributed by atoms with Gasteiger partial charge in [0.15, 0.2) is 0 Å². The van der Waals surface area contributed by atoms with Gasteiger partial charge in [-0.1, -0.05) is 24.6 Å². The summed E-state index contributed by atoms with van der Waals surface area (Å²) in [6, 6.07) is 12.6. The third kappa shape index (κ3) is 5.50. The van der Waals surface area contributed by atoms with E-state index in [0.29, 0.717) is 15.8 Å². The van der Waals surface area contributed by atoms with E-state index in [1.54, 1.807) is 30.3 Å². The van der Waals surface area contributed by atoms with E-state index < -0.39 is 10.0 Å². The van der Waals surface area contributed by atoms with E-state index in [1.165, 1.54) is 24.4 Å². The Bertz CT molecular complexity index is 1150. The Labute approximate surface area is 184 Å². The number of anilines is 1. The number of rotatable bonds is 8. The number of benzene rings is 1. The van der Waals surface area contributed by atoms with Crippen LogP contribution in [0.1, 0.15) is 30.6 Å². The number of nitrogens with zero attached hydrogens (tertiary/aromatic N) is 1. The largest absolute Gasteiger partial charge is 0.438 e. The van der Waals surface area contributed by atoms with Crippen LogP contribution in [0.4, 0.5) is 5.69 Å². The predicted octanol–water partition coefficient (Wildman–Crippen LogP) is 4.92. The van der Waals surface area contributed by atoms with Crippen molar-refractivity contribution in [2.45, 2.75) is 30.5 Å². The quantitative estimate of drug-likeness (QED) is 0.492. The molecule has 2 N–H and O–H groups in total. The van der Waals surface area contributed by atoms with Crippen molar-refractivity contribution in [2.75, 3.05) is 4.72 Å². The van der Waals surface area contributed by atoms with Gasteiger partial charge in [-0.05, 0) is 49.7 Å². The Morgan fingerprint density at radius 3 is 2.73 bits per heavy atom. The van der Waals surface area contributed by atoms with Gasteiger partial charge in [-0.3, -0.25) is 9.52 Å². The highest BCUT2D eigenvalue weighted by molar-refractivity contribution is 7.94. The van der Waals surface area contributed by atoms with Crippen LogP contribution >= 0.6 is 22.9 Å². The molecule has 0 fully saturated rings. The molecule has 0 aliphatic carbocycles. The molecule has 0 saturated carbocycles. The van der Waals surface area contributed by atoms with E-state index in [1.807, 2.05) is 13.8 Å². The lowest BCUT2D eigenvalue weighted by molar-refractivity contribution is 0.0936. The summed E-state index contributed by atoms with van der Waals surface area (Å²) in [6.45, 7) is 3.88. The molecule has 3 aromatic rings. The first-order valence-corrected chi connectivity index (χ1v) is 11.8. The fourth-order valence-corrected chi connectivity index (χ4v) is 4.96. The van der Waals surface area contributed by atoms with Crippen molar-refractivity contribution in [3.8, 4) is 11.6 Å². The van der Waals surface area contributed by atoms with Crippen LogP contribution < -0.4 is 14.8 Å². The van der Waals surface area contributed by atoms with Crippen LogP contribution in [0.25, 0.3) is 0 Å². The van der Waals surface area contributed by atoms with Gasteiger partial charge in [-0.2, -0.15) is 0 Å². The molecule has 158 valence electrons. The Morgan fingerprint density at radius 2 is 2.03 bits per heavy atom. The zero-order valence-electron chi connectivity index (χ0n) is 16.3. The summed E-state index contributed by atoms with van der Waals surface area (Å²) >= 11 is 6.79. The van der Waals surface area contributed by atoms with Crippen molar-refractivity contribution < 1.29 is 17.9 Å². The minimum atomic E-state index is -3.77. The predicted molar refractivity (Wildman–Crippen MR) is 118 cm³/mol. The van der Waals surface area contributed by atoms with E-state index >= 15 is 0 Å². The van der Waals surface area contributed by atoms with E-state index in [9.17, 15) is 13.2 Å². The lowest BCUT2D eigenvalue weighted by Gasteiger charge is -2.14. The second-order valence-electron chi connectivity index (χ2n) is 6.43. The van der Waals surface area contributed by atoms with Crippen molar-refractivity contribution in [1.82, 2.24) is 10.3 Å². The minimum absolute atomic E-state index is 0.00838. The van der Waals surface area contributed by atoms with Gasteiger partial charge in [-0.15, -0.1) is 11.3 Å². The summed E-state index contributed by atoms with van der Waals surface area (Å²) in [4.78, 5) is 16.7. The summed E-state index contributed by atoms with van der Waals surface area (Å²) in [5.41, 5.74) is 0.593.